The number of methoxy groups -OCH3 is 1. The van der Waals surface area contributed by atoms with Gasteiger partial charge in [0.05, 0.1) is 6.61 Å². The molecule has 6 heteroatoms. The number of aromatic nitrogens is 2. The molecule has 2 rings (SSSR count). The van der Waals surface area contributed by atoms with Crippen LogP contribution in [-0.4, -0.2) is 35.7 Å². The lowest BCUT2D eigenvalue weighted by Crippen LogP contribution is -2.27. The summed E-state index contributed by atoms with van der Waals surface area (Å²) in [6.45, 7) is 0.992. The Labute approximate surface area is 103 Å². The summed E-state index contributed by atoms with van der Waals surface area (Å²) in [7, 11) is 1.60. The van der Waals surface area contributed by atoms with Gasteiger partial charge in [-0.1, -0.05) is 0 Å². The van der Waals surface area contributed by atoms with Crippen molar-refractivity contribution in [2.75, 3.05) is 20.3 Å². The molecule has 17 heavy (non-hydrogen) atoms. The van der Waals surface area contributed by atoms with E-state index in [0.717, 1.165) is 5.13 Å². The Balaban J connectivity index is 2.01. The molecule has 0 aliphatic carbocycles. The largest absolute Gasteiger partial charge is 0.383 e. The molecule has 0 unspecified atom stereocenters. The van der Waals surface area contributed by atoms with E-state index in [9.17, 15) is 4.79 Å². The molecule has 0 fully saturated rings. The minimum atomic E-state index is -0.170. The molecule has 2 aromatic rings. The number of hydrogen-bond donors (Lipinski definition) is 1. The summed E-state index contributed by atoms with van der Waals surface area (Å²) >= 11 is 1.43. The van der Waals surface area contributed by atoms with E-state index in [2.05, 4.69) is 10.3 Å². The quantitative estimate of drug-likeness (QED) is 0.815. The summed E-state index contributed by atoms with van der Waals surface area (Å²) in [6.07, 6.45) is 3.79. The Hall–Kier alpha value is -1.66. The Morgan fingerprint density at radius 1 is 1.53 bits per heavy atom. The molecule has 90 valence electrons. The first kappa shape index (κ1) is 11.8. The zero-order chi connectivity index (χ0) is 12.1. The van der Waals surface area contributed by atoms with Gasteiger partial charge >= 0.3 is 0 Å². The second-order valence-electron chi connectivity index (χ2n) is 3.35. The second kappa shape index (κ2) is 5.60. The van der Waals surface area contributed by atoms with Gasteiger partial charge in [-0.25, -0.2) is 4.98 Å². The SMILES string of the molecule is COCCNC(=O)c1csc(-n2cccc2)n1. The lowest BCUT2D eigenvalue weighted by Gasteiger charge is -2.01. The van der Waals surface area contributed by atoms with Crippen LogP contribution >= 0.6 is 11.3 Å². The zero-order valence-corrected chi connectivity index (χ0v) is 10.2. The van der Waals surface area contributed by atoms with E-state index in [1.807, 2.05) is 29.1 Å². The monoisotopic (exact) mass is 251 g/mol. The highest BCUT2D eigenvalue weighted by Crippen LogP contribution is 2.14. The van der Waals surface area contributed by atoms with Gasteiger partial charge in [0.1, 0.15) is 5.69 Å². The molecule has 0 bridgehead atoms. The fraction of sp³-hybridized carbons (Fsp3) is 0.273. The number of nitrogens with zero attached hydrogens (tertiary/aromatic N) is 2. The minimum Gasteiger partial charge on any atom is -0.383 e. The second-order valence-corrected chi connectivity index (χ2v) is 4.19. The highest BCUT2D eigenvalue weighted by atomic mass is 32.1. The van der Waals surface area contributed by atoms with Gasteiger partial charge in [-0.3, -0.25) is 4.79 Å². The molecule has 0 aliphatic heterocycles. The number of carbonyl (C=O) groups is 1. The first-order chi connectivity index (χ1) is 8.31. The lowest BCUT2D eigenvalue weighted by atomic mass is 10.4. The molecule has 1 N–H and O–H groups in total. The Bertz CT molecular complexity index is 479. The molecule has 0 radical (unpaired) electrons. The van der Waals surface area contributed by atoms with Gasteiger partial charge in [0, 0.05) is 31.4 Å². The molecule has 2 aromatic heterocycles. The first-order valence-electron chi connectivity index (χ1n) is 5.17. The number of rotatable bonds is 5. The molecule has 0 aromatic carbocycles. The summed E-state index contributed by atoms with van der Waals surface area (Å²) < 4.78 is 6.73. The van der Waals surface area contributed by atoms with Crippen LogP contribution in [-0.2, 0) is 4.74 Å². The average molecular weight is 251 g/mol. The van der Waals surface area contributed by atoms with Gasteiger partial charge in [0.25, 0.3) is 5.91 Å². The number of nitrogens with one attached hydrogen (secondary N) is 1. The van der Waals surface area contributed by atoms with Gasteiger partial charge < -0.3 is 14.6 Å². The molecule has 2 heterocycles. The van der Waals surface area contributed by atoms with E-state index >= 15 is 0 Å². The van der Waals surface area contributed by atoms with Crippen LogP contribution in [0, 0.1) is 0 Å². The molecule has 5 nitrogen and oxygen atoms in total. The molecular formula is C11H13N3O2S. The number of carbonyl (C=O) groups excluding carboxylic acids is 1. The van der Waals surface area contributed by atoms with Crippen LogP contribution in [0.1, 0.15) is 10.5 Å². The highest BCUT2D eigenvalue weighted by molar-refractivity contribution is 7.12. The minimum absolute atomic E-state index is 0.170. The van der Waals surface area contributed by atoms with Crippen molar-refractivity contribution < 1.29 is 9.53 Å². The normalized spacial score (nSPS) is 10.4. The summed E-state index contributed by atoms with van der Waals surface area (Å²) in [4.78, 5) is 15.9. The molecule has 0 saturated carbocycles. The Morgan fingerprint density at radius 3 is 3.00 bits per heavy atom. The number of amides is 1. The molecule has 0 atom stereocenters. The van der Waals surface area contributed by atoms with Crippen molar-refractivity contribution >= 4 is 17.2 Å². The average Bonchev–Trinajstić information content (AvgIpc) is 3.00. The third kappa shape index (κ3) is 2.92. The van der Waals surface area contributed by atoms with Crippen molar-refractivity contribution in [2.45, 2.75) is 0 Å². The first-order valence-corrected chi connectivity index (χ1v) is 6.05. The highest BCUT2D eigenvalue weighted by Gasteiger charge is 2.10. The van der Waals surface area contributed by atoms with Gasteiger partial charge in [-0.15, -0.1) is 11.3 Å². The Kier molecular flexibility index (Phi) is 3.89. The topological polar surface area (TPSA) is 56.1 Å². The lowest BCUT2D eigenvalue weighted by molar-refractivity contribution is 0.0933. The molecule has 0 saturated heterocycles. The molecule has 0 spiro atoms. The molecular weight excluding hydrogens is 238 g/mol. The van der Waals surface area contributed by atoms with E-state index in [-0.39, 0.29) is 5.91 Å². The van der Waals surface area contributed by atoms with E-state index in [1.54, 1.807) is 12.5 Å². The van der Waals surface area contributed by atoms with Crippen LogP contribution in [0.25, 0.3) is 5.13 Å². The van der Waals surface area contributed by atoms with Gasteiger partial charge in [-0.2, -0.15) is 0 Å². The van der Waals surface area contributed by atoms with Crippen molar-refractivity contribution in [1.82, 2.24) is 14.9 Å². The van der Waals surface area contributed by atoms with Crippen LogP contribution in [0.15, 0.2) is 29.9 Å². The fourth-order valence-corrected chi connectivity index (χ4v) is 2.08. The molecule has 0 aliphatic rings. The summed E-state index contributed by atoms with van der Waals surface area (Å²) in [6, 6.07) is 3.83. The van der Waals surface area contributed by atoms with Crippen LogP contribution < -0.4 is 5.32 Å². The third-order valence-corrected chi connectivity index (χ3v) is 3.00. The van der Waals surface area contributed by atoms with E-state index in [4.69, 9.17) is 4.74 Å². The predicted molar refractivity (Wildman–Crippen MR) is 65.7 cm³/mol. The Morgan fingerprint density at radius 2 is 2.29 bits per heavy atom. The number of ether oxygens (including phenoxy) is 1. The van der Waals surface area contributed by atoms with Crippen LogP contribution in [0.3, 0.4) is 0 Å². The van der Waals surface area contributed by atoms with Gasteiger partial charge in [0.15, 0.2) is 5.13 Å². The maximum atomic E-state index is 11.7. The zero-order valence-electron chi connectivity index (χ0n) is 9.42. The smallest absolute Gasteiger partial charge is 0.270 e. The standard InChI is InChI=1S/C11H13N3O2S/c1-16-7-4-12-10(15)9-8-17-11(13-9)14-5-2-3-6-14/h2-3,5-6,8H,4,7H2,1H3,(H,12,15). The van der Waals surface area contributed by atoms with Gasteiger partial charge in [0.2, 0.25) is 0 Å². The number of hydrogen-bond acceptors (Lipinski definition) is 4. The van der Waals surface area contributed by atoms with Crippen LogP contribution in [0.2, 0.25) is 0 Å². The van der Waals surface area contributed by atoms with Crippen molar-refractivity contribution in [3.8, 4) is 5.13 Å². The van der Waals surface area contributed by atoms with Crippen molar-refractivity contribution in [3.63, 3.8) is 0 Å². The maximum absolute atomic E-state index is 11.7. The summed E-state index contributed by atoms with van der Waals surface area (Å²) in [5, 5.41) is 5.26. The van der Waals surface area contributed by atoms with E-state index < -0.39 is 0 Å². The maximum Gasteiger partial charge on any atom is 0.270 e. The predicted octanol–water partition coefficient (Wildman–Crippen LogP) is 1.31. The number of thiazole rings is 1. The van der Waals surface area contributed by atoms with Crippen molar-refractivity contribution in [3.05, 3.63) is 35.6 Å². The van der Waals surface area contributed by atoms with Gasteiger partial charge in [-0.05, 0) is 12.1 Å². The van der Waals surface area contributed by atoms with E-state index in [1.165, 1.54) is 11.3 Å². The fourth-order valence-electron chi connectivity index (χ4n) is 1.31. The van der Waals surface area contributed by atoms with Crippen LogP contribution in [0.4, 0.5) is 0 Å². The summed E-state index contributed by atoms with van der Waals surface area (Å²) in [5.74, 6) is -0.170. The van der Waals surface area contributed by atoms with Crippen LogP contribution in [0.5, 0.6) is 0 Å². The molecule has 1 amide bonds. The van der Waals surface area contributed by atoms with Crippen molar-refractivity contribution in [1.29, 1.82) is 0 Å². The third-order valence-electron chi connectivity index (χ3n) is 2.14. The van der Waals surface area contributed by atoms with E-state index in [0.29, 0.717) is 18.8 Å². The summed E-state index contributed by atoms with van der Waals surface area (Å²) in [5.41, 5.74) is 0.440. The van der Waals surface area contributed by atoms with Crippen molar-refractivity contribution in [2.24, 2.45) is 0 Å².